The van der Waals surface area contributed by atoms with Crippen LogP contribution in [-0.4, -0.2) is 37.0 Å². The smallest absolute Gasteiger partial charge is 0.254 e. The van der Waals surface area contributed by atoms with Crippen LogP contribution in [0.5, 0.6) is 0 Å². The monoisotopic (exact) mass is 422 g/mol. The summed E-state index contributed by atoms with van der Waals surface area (Å²) < 4.78 is 1.94. The van der Waals surface area contributed by atoms with Crippen molar-refractivity contribution in [2.45, 2.75) is 18.9 Å². The number of hydrogen-bond donors (Lipinski definition) is 1. The van der Waals surface area contributed by atoms with E-state index in [1.165, 1.54) is 6.42 Å². The van der Waals surface area contributed by atoms with Crippen molar-refractivity contribution in [2.75, 3.05) is 20.1 Å². The number of carbonyl (C=O) groups excluding carboxylic acids is 1. The van der Waals surface area contributed by atoms with Crippen molar-refractivity contribution >= 4 is 44.4 Å². The molecule has 1 heterocycles. The minimum Gasteiger partial charge on any atom is -0.340 e. The van der Waals surface area contributed by atoms with E-state index in [2.05, 4.69) is 43.8 Å². The Morgan fingerprint density at radius 3 is 3.06 bits per heavy atom. The third-order valence-electron chi connectivity index (χ3n) is 3.16. The average Bonchev–Trinajstić information content (AvgIpc) is 2.84. The summed E-state index contributed by atoms with van der Waals surface area (Å²) >= 11 is 5.62. The lowest BCUT2D eigenvalue weighted by Crippen LogP contribution is -2.38. The SMILES string of the molecule is CN(CC1CCCN1)C(=O)c1cc(Br)ccc1I. The van der Waals surface area contributed by atoms with E-state index in [1.54, 1.807) is 0 Å². The van der Waals surface area contributed by atoms with Crippen molar-refractivity contribution in [1.82, 2.24) is 10.2 Å². The van der Waals surface area contributed by atoms with Crippen molar-refractivity contribution in [2.24, 2.45) is 0 Å². The Kier molecular flexibility index (Phi) is 5.03. The van der Waals surface area contributed by atoms with E-state index >= 15 is 0 Å². The lowest BCUT2D eigenvalue weighted by Gasteiger charge is -2.22. The molecule has 3 nitrogen and oxygen atoms in total. The molecule has 0 spiro atoms. The molecule has 1 aromatic rings. The molecule has 0 aromatic heterocycles. The van der Waals surface area contributed by atoms with Crippen molar-refractivity contribution in [1.29, 1.82) is 0 Å². The van der Waals surface area contributed by atoms with Crippen LogP contribution in [-0.2, 0) is 0 Å². The third-order valence-corrected chi connectivity index (χ3v) is 4.60. The molecule has 0 saturated carbocycles. The summed E-state index contributed by atoms with van der Waals surface area (Å²) in [4.78, 5) is 14.2. The summed E-state index contributed by atoms with van der Waals surface area (Å²) in [6.07, 6.45) is 2.37. The van der Waals surface area contributed by atoms with Gasteiger partial charge in [0.2, 0.25) is 0 Å². The Morgan fingerprint density at radius 2 is 2.39 bits per heavy atom. The number of nitrogens with one attached hydrogen (secondary N) is 1. The molecule has 2 rings (SSSR count). The van der Waals surface area contributed by atoms with Gasteiger partial charge >= 0.3 is 0 Å². The van der Waals surface area contributed by atoms with Crippen LogP contribution >= 0.6 is 38.5 Å². The molecule has 98 valence electrons. The number of nitrogens with zero attached hydrogens (tertiary/aromatic N) is 1. The fraction of sp³-hybridized carbons (Fsp3) is 0.462. The maximum Gasteiger partial charge on any atom is 0.254 e. The first-order chi connectivity index (χ1) is 8.58. The number of carbonyl (C=O) groups is 1. The summed E-state index contributed by atoms with van der Waals surface area (Å²) in [5.74, 6) is 0.0920. The van der Waals surface area contributed by atoms with Crippen molar-refractivity contribution in [3.8, 4) is 0 Å². The third kappa shape index (κ3) is 3.45. The van der Waals surface area contributed by atoms with Crippen molar-refractivity contribution < 1.29 is 4.79 Å². The van der Waals surface area contributed by atoms with E-state index in [0.29, 0.717) is 6.04 Å². The Bertz CT molecular complexity index is 447. The molecule has 1 aromatic carbocycles. The van der Waals surface area contributed by atoms with Crippen LogP contribution < -0.4 is 5.32 Å². The van der Waals surface area contributed by atoms with E-state index in [4.69, 9.17) is 0 Å². The van der Waals surface area contributed by atoms with E-state index in [9.17, 15) is 4.79 Å². The van der Waals surface area contributed by atoms with Gasteiger partial charge in [0, 0.05) is 27.7 Å². The molecule has 1 fully saturated rings. The van der Waals surface area contributed by atoms with Gasteiger partial charge in [0.05, 0.1) is 5.56 Å². The molecule has 18 heavy (non-hydrogen) atoms. The molecule has 1 N–H and O–H groups in total. The molecule has 1 saturated heterocycles. The predicted octanol–water partition coefficient (Wildman–Crippen LogP) is 2.88. The Hall–Kier alpha value is -0.140. The molecule has 0 aliphatic carbocycles. The Labute approximate surface area is 130 Å². The van der Waals surface area contributed by atoms with Crippen LogP contribution in [0.4, 0.5) is 0 Å². The van der Waals surface area contributed by atoms with Crippen molar-refractivity contribution in [3.63, 3.8) is 0 Å². The van der Waals surface area contributed by atoms with Gasteiger partial charge in [-0.25, -0.2) is 0 Å². The summed E-state index contributed by atoms with van der Waals surface area (Å²) in [5, 5.41) is 3.41. The van der Waals surface area contributed by atoms with E-state index < -0.39 is 0 Å². The van der Waals surface area contributed by atoms with Crippen molar-refractivity contribution in [3.05, 3.63) is 31.8 Å². The highest BCUT2D eigenvalue weighted by molar-refractivity contribution is 14.1. The molecular weight excluding hydrogens is 407 g/mol. The second-order valence-corrected chi connectivity index (χ2v) is 6.68. The lowest BCUT2D eigenvalue weighted by atomic mass is 10.1. The molecule has 1 unspecified atom stereocenters. The minimum atomic E-state index is 0.0920. The van der Waals surface area contributed by atoms with E-state index in [-0.39, 0.29) is 5.91 Å². The second kappa shape index (κ2) is 6.34. The largest absolute Gasteiger partial charge is 0.340 e. The maximum absolute atomic E-state index is 12.4. The predicted molar refractivity (Wildman–Crippen MR) is 84.8 cm³/mol. The van der Waals surface area contributed by atoms with Gasteiger partial charge < -0.3 is 10.2 Å². The van der Waals surface area contributed by atoms with Crippen LogP contribution in [0.25, 0.3) is 0 Å². The number of amides is 1. The second-order valence-electron chi connectivity index (χ2n) is 4.60. The summed E-state index contributed by atoms with van der Waals surface area (Å²) in [6, 6.07) is 6.25. The zero-order valence-corrected chi connectivity index (χ0v) is 14.0. The van der Waals surface area contributed by atoms with Gasteiger partial charge in [-0.2, -0.15) is 0 Å². The van der Waals surface area contributed by atoms with Crippen LogP contribution in [0.1, 0.15) is 23.2 Å². The van der Waals surface area contributed by atoms with Gasteiger partial charge in [0.25, 0.3) is 5.91 Å². The standard InChI is InChI=1S/C13H16BrIN2O/c1-17(8-10-3-2-6-16-10)13(18)11-7-9(14)4-5-12(11)15/h4-5,7,10,16H,2-3,6,8H2,1H3. The molecule has 1 aliphatic heterocycles. The average molecular weight is 423 g/mol. The number of likely N-dealkylation sites (N-methyl/N-ethyl adjacent to an activating group) is 1. The van der Waals surface area contributed by atoms with Gasteiger partial charge in [-0.05, 0) is 60.2 Å². The van der Waals surface area contributed by atoms with Gasteiger partial charge in [0.1, 0.15) is 0 Å². The summed E-state index contributed by atoms with van der Waals surface area (Å²) in [5.41, 5.74) is 0.769. The van der Waals surface area contributed by atoms with Crippen LogP contribution in [0, 0.1) is 3.57 Å². The normalized spacial score (nSPS) is 18.9. The first-order valence-electron chi connectivity index (χ1n) is 6.02. The minimum absolute atomic E-state index is 0.0920. The molecular formula is C13H16BrIN2O. The fourth-order valence-electron chi connectivity index (χ4n) is 2.19. The quantitative estimate of drug-likeness (QED) is 0.759. The first-order valence-corrected chi connectivity index (χ1v) is 7.89. The highest BCUT2D eigenvalue weighted by atomic mass is 127. The number of hydrogen-bond acceptors (Lipinski definition) is 2. The topological polar surface area (TPSA) is 32.3 Å². The zero-order chi connectivity index (χ0) is 13.1. The Morgan fingerprint density at radius 1 is 1.61 bits per heavy atom. The molecule has 1 amide bonds. The van der Waals surface area contributed by atoms with Crippen LogP contribution in [0.3, 0.4) is 0 Å². The molecule has 0 radical (unpaired) electrons. The van der Waals surface area contributed by atoms with Gasteiger partial charge in [0.15, 0.2) is 0 Å². The molecule has 1 atom stereocenters. The maximum atomic E-state index is 12.4. The highest BCUT2D eigenvalue weighted by Crippen LogP contribution is 2.20. The molecule has 5 heteroatoms. The van der Waals surface area contributed by atoms with Gasteiger partial charge in [-0.1, -0.05) is 15.9 Å². The molecule has 0 bridgehead atoms. The summed E-state index contributed by atoms with van der Waals surface area (Å²) in [7, 11) is 1.87. The first kappa shape index (κ1) is 14.3. The highest BCUT2D eigenvalue weighted by Gasteiger charge is 2.21. The Balaban J connectivity index is 2.07. The lowest BCUT2D eigenvalue weighted by molar-refractivity contribution is 0.0782. The number of benzene rings is 1. The molecule has 1 aliphatic rings. The fourth-order valence-corrected chi connectivity index (χ4v) is 3.12. The number of halogens is 2. The number of rotatable bonds is 3. The van der Waals surface area contributed by atoms with Gasteiger partial charge in [-0.15, -0.1) is 0 Å². The summed E-state index contributed by atoms with van der Waals surface area (Å²) in [6.45, 7) is 1.85. The van der Waals surface area contributed by atoms with Crippen LogP contribution in [0.15, 0.2) is 22.7 Å². The van der Waals surface area contributed by atoms with E-state index in [0.717, 1.165) is 33.1 Å². The van der Waals surface area contributed by atoms with Crippen LogP contribution in [0.2, 0.25) is 0 Å². The zero-order valence-electron chi connectivity index (χ0n) is 10.2. The van der Waals surface area contributed by atoms with E-state index in [1.807, 2.05) is 30.1 Å². The van der Waals surface area contributed by atoms with Gasteiger partial charge in [-0.3, -0.25) is 4.79 Å².